The molecule has 0 radical (unpaired) electrons. The zero-order chi connectivity index (χ0) is 22.8. The maximum absolute atomic E-state index is 13.7. The Bertz CT molecular complexity index is 844. The van der Waals surface area contributed by atoms with Gasteiger partial charge < -0.3 is 15.1 Å². The van der Waals surface area contributed by atoms with Gasteiger partial charge in [0.05, 0.1) is 5.69 Å². The summed E-state index contributed by atoms with van der Waals surface area (Å²) in [6.45, 7) is 4.33. The number of hydrogen-bond donors (Lipinski definition) is 1. The third-order valence-electron chi connectivity index (χ3n) is 8.00. The van der Waals surface area contributed by atoms with Crippen LogP contribution >= 0.6 is 0 Å². The molecule has 1 unspecified atom stereocenters. The number of likely N-dealkylation sites (N-methyl/N-ethyl adjacent to an activating group) is 1. The molecule has 0 spiro atoms. The minimum absolute atomic E-state index is 0.0872. The third kappa shape index (κ3) is 4.14. The quantitative estimate of drug-likeness (QED) is 0.780. The van der Waals surface area contributed by atoms with Crippen molar-refractivity contribution < 1.29 is 14.4 Å². The fourth-order valence-corrected chi connectivity index (χ4v) is 5.87. The molecule has 2 aliphatic heterocycles. The van der Waals surface area contributed by atoms with E-state index in [1.807, 2.05) is 34.9 Å². The van der Waals surface area contributed by atoms with Gasteiger partial charge in [0.15, 0.2) is 0 Å². The van der Waals surface area contributed by atoms with Gasteiger partial charge in [0.1, 0.15) is 5.41 Å². The molecule has 0 aromatic carbocycles. The van der Waals surface area contributed by atoms with E-state index in [1.165, 1.54) is 0 Å². The molecule has 2 saturated heterocycles. The van der Waals surface area contributed by atoms with Crippen molar-refractivity contribution >= 4 is 17.7 Å². The number of rotatable bonds is 4. The molecular formula is C25H36N4O3. The maximum Gasteiger partial charge on any atom is 0.233 e. The molecule has 1 aromatic heterocycles. The Labute approximate surface area is 190 Å². The number of nitrogens with zero attached hydrogens (tertiary/aromatic N) is 3. The predicted octanol–water partition coefficient (Wildman–Crippen LogP) is 2.51. The van der Waals surface area contributed by atoms with Gasteiger partial charge in [-0.1, -0.05) is 25.8 Å². The fraction of sp³-hybridized carbons (Fsp3) is 0.680. The minimum Gasteiger partial charge on any atom is -0.358 e. The second-order valence-corrected chi connectivity index (χ2v) is 10.1. The average molecular weight is 441 g/mol. The van der Waals surface area contributed by atoms with Crippen LogP contribution in [0.25, 0.3) is 0 Å². The van der Waals surface area contributed by atoms with Crippen LogP contribution in [-0.2, 0) is 19.8 Å². The van der Waals surface area contributed by atoms with Crippen LogP contribution in [0.3, 0.4) is 0 Å². The largest absolute Gasteiger partial charge is 0.358 e. The van der Waals surface area contributed by atoms with Gasteiger partial charge in [-0.15, -0.1) is 0 Å². The second-order valence-electron chi connectivity index (χ2n) is 10.1. The molecule has 3 heterocycles. The topological polar surface area (TPSA) is 82.6 Å². The molecule has 3 amide bonds. The number of carbonyl (C=O) groups is 3. The van der Waals surface area contributed by atoms with Crippen molar-refractivity contribution in [3.63, 3.8) is 0 Å². The van der Waals surface area contributed by atoms with E-state index in [2.05, 4.69) is 10.3 Å². The Morgan fingerprint density at radius 1 is 1.00 bits per heavy atom. The molecule has 1 N–H and O–H groups in total. The molecule has 32 heavy (non-hydrogen) atoms. The second kappa shape index (κ2) is 9.20. The molecule has 174 valence electrons. The third-order valence-corrected chi connectivity index (χ3v) is 8.00. The molecule has 0 bridgehead atoms. The summed E-state index contributed by atoms with van der Waals surface area (Å²) in [4.78, 5) is 47.9. The van der Waals surface area contributed by atoms with Gasteiger partial charge in [-0.3, -0.25) is 19.4 Å². The Morgan fingerprint density at radius 3 is 2.34 bits per heavy atom. The number of likely N-dealkylation sites (tertiary alicyclic amines) is 2. The molecule has 4 rings (SSSR count). The van der Waals surface area contributed by atoms with E-state index >= 15 is 0 Å². The van der Waals surface area contributed by atoms with Crippen molar-refractivity contribution in [2.24, 2.45) is 11.3 Å². The van der Waals surface area contributed by atoms with Crippen LogP contribution in [0, 0.1) is 11.3 Å². The lowest BCUT2D eigenvalue weighted by molar-refractivity contribution is -0.151. The summed E-state index contributed by atoms with van der Waals surface area (Å²) in [5.41, 5.74) is -0.596. The molecule has 1 aromatic rings. The van der Waals surface area contributed by atoms with Crippen molar-refractivity contribution in [3.8, 4) is 0 Å². The number of carbonyl (C=O) groups excluding carboxylic acids is 3. The Balaban J connectivity index is 1.47. The molecule has 1 aliphatic carbocycles. The summed E-state index contributed by atoms with van der Waals surface area (Å²) in [5, 5.41) is 2.81. The van der Waals surface area contributed by atoms with Crippen LogP contribution < -0.4 is 5.32 Å². The SMILES string of the molecule is CNC(=O)C1(c2ccccn2)CCCN(C(=O)C2(C)CCN(C(=O)C3CCCC3)CC2)C1. The number of pyridine rings is 1. The lowest BCUT2D eigenvalue weighted by Gasteiger charge is -2.46. The molecule has 3 fully saturated rings. The van der Waals surface area contributed by atoms with Crippen LogP contribution in [0.4, 0.5) is 0 Å². The van der Waals surface area contributed by atoms with Crippen LogP contribution in [0.1, 0.15) is 64.0 Å². The lowest BCUT2D eigenvalue weighted by atomic mass is 9.73. The Kier molecular flexibility index (Phi) is 6.54. The van der Waals surface area contributed by atoms with Crippen LogP contribution in [0.15, 0.2) is 24.4 Å². The van der Waals surface area contributed by atoms with Crippen LogP contribution in [-0.4, -0.2) is 65.7 Å². The first-order valence-electron chi connectivity index (χ1n) is 12.1. The van der Waals surface area contributed by atoms with Gasteiger partial charge >= 0.3 is 0 Å². The first-order valence-corrected chi connectivity index (χ1v) is 12.1. The van der Waals surface area contributed by atoms with Crippen molar-refractivity contribution in [2.75, 3.05) is 33.2 Å². The number of hydrogen-bond acceptors (Lipinski definition) is 4. The minimum atomic E-state index is -0.820. The number of aromatic nitrogens is 1. The normalized spacial score (nSPS) is 26.1. The van der Waals surface area contributed by atoms with E-state index in [0.717, 1.165) is 37.8 Å². The highest BCUT2D eigenvalue weighted by atomic mass is 16.2. The fourth-order valence-electron chi connectivity index (χ4n) is 5.87. The summed E-state index contributed by atoms with van der Waals surface area (Å²) in [7, 11) is 1.65. The Hall–Kier alpha value is -2.44. The van der Waals surface area contributed by atoms with Crippen molar-refractivity contribution in [1.29, 1.82) is 0 Å². The Morgan fingerprint density at radius 2 is 1.72 bits per heavy atom. The van der Waals surface area contributed by atoms with Crippen LogP contribution in [0.5, 0.6) is 0 Å². The van der Waals surface area contributed by atoms with Crippen molar-refractivity contribution in [1.82, 2.24) is 20.1 Å². The lowest BCUT2D eigenvalue weighted by Crippen LogP contribution is -2.59. The molecule has 3 aliphatic rings. The van der Waals surface area contributed by atoms with E-state index in [1.54, 1.807) is 13.2 Å². The van der Waals surface area contributed by atoms with E-state index in [0.29, 0.717) is 45.4 Å². The zero-order valence-corrected chi connectivity index (χ0v) is 19.4. The highest BCUT2D eigenvalue weighted by molar-refractivity contribution is 5.90. The van der Waals surface area contributed by atoms with E-state index < -0.39 is 10.8 Å². The summed E-state index contributed by atoms with van der Waals surface area (Å²) in [6.07, 6.45) is 8.82. The number of nitrogens with one attached hydrogen (secondary N) is 1. The number of piperidine rings is 2. The summed E-state index contributed by atoms with van der Waals surface area (Å²) < 4.78 is 0. The standard InChI is InChI=1S/C25H36N4O3/c1-24(12-16-28(17-13-24)21(30)19-8-3-4-9-19)23(32)29-15-7-11-25(18-29,22(31)26-2)20-10-5-6-14-27-20/h5-6,10,14,19H,3-4,7-9,11-13,15-18H2,1-2H3,(H,26,31). The summed E-state index contributed by atoms with van der Waals surface area (Å²) in [5.74, 6) is 0.484. The van der Waals surface area contributed by atoms with E-state index in [-0.39, 0.29) is 23.6 Å². The summed E-state index contributed by atoms with van der Waals surface area (Å²) in [6, 6.07) is 5.62. The molecule has 1 saturated carbocycles. The zero-order valence-electron chi connectivity index (χ0n) is 19.4. The van der Waals surface area contributed by atoms with Crippen LogP contribution in [0.2, 0.25) is 0 Å². The smallest absolute Gasteiger partial charge is 0.233 e. The van der Waals surface area contributed by atoms with Gasteiger partial charge in [-0.05, 0) is 50.7 Å². The molecular weight excluding hydrogens is 404 g/mol. The average Bonchev–Trinajstić information content (AvgIpc) is 3.38. The monoisotopic (exact) mass is 440 g/mol. The van der Waals surface area contributed by atoms with E-state index in [9.17, 15) is 14.4 Å². The predicted molar refractivity (Wildman–Crippen MR) is 122 cm³/mol. The molecule has 1 atom stereocenters. The highest BCUT2D eigenvalue weighted by Crippen LogP contribution is 2.39. The van der Waals surface area contributed by atoms with Crippen molar-refractivity contribution in [2.45, 2.75) is 63.7 Å². The maximum atomic E-state index is 13.7. The van der Waals surface area contributed by atoms with Gasteiger partial charge in [0.2, 0.25) is 17.7 Å². The van der Waals surface area contributed by atoms with E-state index in [4.69, 9.17) is 0 Å². The first-order chi connectivity index (χ1) is 15.4. The number of amides is 3. The highest BCUT2D eigenvalue weighted by Gasteiger charge is 2.49. The van der Waals surface area contributed by atoms with Gasteiger partial charge in [-0.25, -0.2) is 0 Å². The summed E-state index contributed by atoms with van der Waals surface area (Å²) >= 11 is 0. The molecule has 7 nitrogen and oxygen atoms in total. The van der Waals surface area contributed by atoms with Gasteiger partial charge in [-0.2, -0.15) is 0 Å². The first kappa shape index (κ1) is 22.7. The van der Waals surface area contributed by atoms with Crippen molar-refractivity contribution in [3.05, 3.63) is 30.1 Å². The van der Waals surface area contributed by atoms with Gasteiger partial charge in [0.25, 0.3) is 0 Å². The molecule has 7 heteroatoms. The van der Waals surface area contributed by atoms with Gasteiger partial charge in [0, 0.05) is 50.8 Å².